The van der Waals surface area contributed by atoms with Gasteiger partial charge in [-0.15, -0.1) is 10.2 Å². The number of para-hydroxylation sites is 1. The van der Waals surface area contributed by atoms with Crippen molar-refractivity contribution in [3.8, 4) is 0 Å². The summed E-state index contributed by atoms with van der Waals surface area (Å²) >= 11 is 2.94. The van der Waals surface area contributed by atoms with Crippen molar-refractivity contribution in [2.24, 2.45) is 11.8 Å². The molecule has 3 rings (SSSR count). The molecule has 1 heterocycles. The van der Waals surface area contributed by atoms with Crippen LogP contribution in [0.3, 0.4) is 0 Å². The zero-order valence-electron chi connectivity index (χ0n) is 15.4. The SMILES string of the molecule is C[C@H]1[C@@H](NC(=O)[C@@H](C)Sc2nnc(Nc3ccccc3)s2)CCC[C@@H]1C. The summed E-state index contributed by atoms with van der Waals surface area (Å²) in [4.78, 5) is 12.6. The number of carbonyl (C=O) groups excluding carboxylic acids is 1. The molecule has 1 saturated carbocycles. The normalized spacial score (nSPS) is 24.0. The van der Waals surface area contributed by atoms with Gasteiger partial charge in [0.25, 0.3) is 0 Å². The Labute approximate surface area is 163 Å². The van der Waals surface area contributed by atoms with Crippen LogP contribution in [-0.4, -0.2) is 27.4 Å². The van der Waals surface area contributed by atoms with E-state index in [4.69, 9.17) is 0 Å². The molecule has 5 nitrogen and oxygen atoms in total. The molecule has 0 unspecified atom stereocenters. The Hall–Kier alpha value is -1.60. The van der Waals surface area contributed by atoms with Crippen LogP contribution in [0.4, 0.5) is 10.8 Å². The van der Waals surface area contributed by atoms with Gasteiger partial charge in [0.15, 0.2) is 4.34 Å². The van der Waals surface area contributed by atoms with E-state index in [1.807, 2.05) is 37.3 Å². The Morgan fingerprint density at radius 1 is 1.23 bits per heavy atom. The van der Waals surface area contributed by atoms with E-state index in [-0.39, 0.29) is 11.2 Å². The topological polar surface area (TPSA) is 66.9 Å². The molecule has 1 aromatic heterocycles. The zero-order valence-corrected chi connectivity index (χ0v) is 17.1. The smallest absolute Gasteiger partial charge is 0.233 e. The van der Waals surface area contributed by atoms with Crippen molar-refractivity contribution in [3.05, 3.63) is 30.3 Å². The van der Waals surface area contributed by atoms with Crippen LogP contribution < -0.4 is 10.6 Å². The van der Waals surface area contributed by atoms with E-state index in [1.165, 1.54) is 35.9 Å². The quantitative estimate of drug-likeness (QED) is 0.700. The first-order valence-electron chi connectivity index (χ1n) is 9.15. The van der Waals surface area contributed by atoms with E-state index >= 15 is 0 Å². The lowest BCUT2D eigenvalue weighted by Crippen LogP contribution is -2.46. The Balaban J connectivity index is 1.53. The highest BCUT2D eigenvalue weighted by atomic mass is 32.2. The number of benzene rings is 1. The van der Waals surface area contributed by atoms with Gasteiger partial charge in [0.1, 0.15) is 0 Å². The van der Waals surface area contributed by atoms with E-state index in [1.54, 1.807) is 0 Å². The van der Waals surface area contributed by atoms with Crippen LogP contribution in [0, 0.1) is 11.8 Å². The van der Waals surface area contributed by atoms with Crippen LogP contribution in [0.5, 0.6) is 0 Å². The summed E-state index contributed by atoms with van der Waals surface area (Å²) in [5.41, 5.74) is 0.978. The number of thioether (sulfide) groups is 1. The summed E-state index contributed by atoms with van der Waals surface area (Å²) in [6, 6.07) is 10.2. The third-order valence-corrected chi connectivity index (χ3v) is 7.14. The maximum absolute atomic E-state index is 12.6. The van der Waals surface area contributed by atoms with Gasteiger partial charge >= 0.3 is 0 Å². The van der Waals surface area contributed by atoms with Crippen molar-refractivity contribution in [2.45, 2.75) is 55.7 Å². The molecule has 1 aliphatic rings. The van der Waals surface area contributed by atoms with Gasteiger partial charge in [-0.3, -0.25) is 4.79 Å². The summed E-state index contributed by atoms with van der Waals surface area (Å²) in [6.45, 7) is 6.46. The van der Waals surface area contributed by atoms with Crippen LogP contribution in [0.1, 0.15) is 40.0 Å². The van der Waals surface area contributed by atoms with Gasteiger partial charge in [0, 0.05) is 11.7 Å². The van der Waals surface area contributed by atoms with Crippen LogP contribution in [0.2, 0.25) is 0 Å². The number of nitrogens with one attached hydrogen (secondary N) is 2. The zero-order chi connectivity index (χ0) is 18.5. The van der Waals surface area contributed by atoms with Gasteiger partial charge in [-0.25, -0.2) is 0 Å². The average Bonchev–Trinajstić information content (AvgIpc) is 3.06. The largest absolute Gasteiger partial charge is 0.352 e. The van der Waals surface area contributed by atoms with Crippen molar-refractivity contribution in [1.29, 1.82) is 0 Å². The van der Waals surface area contributed by atoms with Crippen LogP contribution in [-0.2, 0) is 4.79 Å². The second kappa shape index (κ2) is 8.86. The number of hydrogen-bond acceptors (Lipinski definition) is 6. The summed E-state index contributed by atoms with van der Waals surface area (Å²) in [7, 11) is 0. The third kappa shape index (κ3) is 4.98. The Bertz CT molecular complexity index is 721. The van der Waals surface area contributed by atoms with Crippen molar-refractivity contribution in [1.82, 2.24) is 15.5 Å². The first-order chi connectivity index (χ1) is 12.5. The number of aromatic nitrogens is 2. The second-order valence-electron chi connectivity index (χ2n) is 7.01. The molecule has 7 heteroatoms. The molecule has 26 heavy (non-hydrogen) atoms. The summed E-state index contributed by atoms with van der Waals surface area (Å²) in [5.74, 6) is 1.30. The minimum atomic E-state index is -0.183. The number of anilines is 2. The van der Waals surface area contributed by atoms with E-state index < -0.39 is 0 Å². The molecule has 0 aliphatic heterocycles. The summed E-state index contributed by atoms with van der Waals surface area (Å²) < 4.78 is 0.802. The van der Waals surface area contributed by atoms with E-state index in [0.717, 1.165) is 21.6 Å². The van der Waals surface area contributed by atoms with Crippen molar-refractivity contribution >= 4 is 39.8 Å². The predicted molar refractivity (Wildman–Crippen MR) is 109 cm³/mol. The molecule has 1 amide bonds. The molecule has 1 aromatic carbocycles. The molecule has 0 saturated heterocycles. The summed E-state index contributed by atoms with van der Waals surface area (Å²) in [6.07, 6.45) is 3.54. The number of carbonyl (C=O) groups is 1. The van der Waals surface area contributed by atoms with E-state index in [0.29, 0.717) is 17.9 Å². The van der Waals surface area contributed by atoms with Crippen LogP contribution in [0.15, 0.2) is 34.7 Å². The average molecular weight is 391 g/mol. The maximum Gasteiger partial charge on any atom is 0.233 e. The fourth-order valence-corrected chi connectivity index (χ4v) is 5.17. The van der Waals surface area contributed by atoms with Crippen LogP contribution >= 0.6 is 23.1 Å². The first-order valence-corrected chi connectivity index (χ1v) is 10.8. The molecule has 0 bridgehead atoms. The Morgan fingerprint density at radius 3 is 2.77 bits per heavy atom. The minimum Gasteiger partial charge on any atom is -0.352 e. The highest BCUT2D eigenvalue weighted by Crippen LogP contribution is 2.32. The lowest BCUT2D eigenvalue weighted by atomic mass is 9.78. The standard InChI is InChI=1S/C19H26N4OS2/c1-12-8-7-11-16(13(12)2)21-17(24)14(3)25-19-23-22-18(26-19)20-15-9-5-4-6-10-15/h4-6,9-10,12-14,16H,7-8,11H2,1-3H3,(H,20,22)(H,21,24)/t12-,13+,14+,16-/m0/s1. The van der Waals surface area contributed by atoms with Gasteiger partial charge in [-0.1, -0.05) is 68.0 Å². The molecular weight excluding hydrogens is 364 g/mol. The summed E-state index contributed by atoms with van der Waals surface area (Å²) in [5, 5.41) is 15.4. The molecule has 2 aromatic rings. The predicted octanol–water partition coefficient (Wildman–Crippen LogP) is 4.70. The van der Waals surface area contributed by atoms with Gasteiger partial charge in [-0.2, -0.15) is 0 Å². The molecular formula is C19H26N4OS2. The van der Waals surface area contributed by atoms with Crippen molar-refractivity contribution in [2.75, 3.05) is 5.32 Å². The molecule has 4 atom stereocenters. The fourth-order valence-electron chi connectivity index (χ4n) is 3.24. The molecule has 0 spiro atoms. The first kappa shape index (κ1) is 19.2. The fraction of sp³-hybridized carbons (Fsp3) is 0.526. The van der Waals surface area contributed by atoms with Gasteiger partial charge in [0.2, 0.25) is 11.0 Å². The van der Waals surface area contributed by atoms with Crippen molar-refractivity contribution in [3.63, 3.8) is 0 Å². The van der Waals surface area contributed by atoms with Gasteiger partial charge in [-0.05, 0) is 37.3 Å². The Kier molecular flexibility index (Phi) is 6.53. The lowest BCUT2D eigenvalue weighted by Gasteiger charge is -2.35. The molecule has 0 radical (unpaired) electrons. The van der Waals surface area contributed by atoms with Gasteiger partial charge < -0.3 is 10.6 Å². The number of amides is 1. The van der Waals surface area contributed by atoms with Crippen molar-refractivity contribution < 1.29 is 4.79 Å². The van der Waals surface area contributed by atoms with Gasteiger partial charge in [0.05, 0.1) is 5.25 Å². The second-order valence-corrected chi connectivity index (χ2v) is 9.57. The monoisotopic (exact) mass is 390 g/mol. The van der Waals surface area contributed by atoms with E-state index in [2.05, 4.69) is 34.7 Å². The van der Waals surface area contributed by atoms with Crippen LogP contribution in [0.25, 0.3) is 0 Å². The molecule has 1 fully saturated rings. The minimum absolute atomic E-state index is 0.0914. The number of nitrogens with zero attached hydrogens (tertiary/aromatic N) is 2. The molecule has 2 N–H and O–H groups in total. The lowest BCUT2D eigenvalue weighted by molar-refractivity contribution is -0.121. The van der Waals surface area contributed by atoms with E-state index in [9.17, 15) is 4.79 Å². The third-order valence-electron chi connectivity index (χ3n) is 5.11. The Morgan fingerprint density at radius 2 is 2.00 bits per heavy atom. The number of rotatable bonds is 6. The highest BCUT2D eigenvalue weighted by molar-refractivity contribution is 8.02. The molecule has 140 valence electrons. The highest BCUT2D eigenvalue weighted by Gasteiger charge is 2.29. The number of hydrogen-bond donors (Lipinski definition) is 2. The maximum atomic E-state index is 12.6. The molecule has 1 aliphatic carbocycles.